The van der Waals surface area contributed by atoms with Crippen molar-refractivity contribution in [2.45, 2.75) is 26.7 Å². The highest BCUT2D eigenvalue weighted by Crippen LogP contribution is 2.31. The largest absolute Gasteiger partial charge is 0.388 e. The van der Waals surface area contributed by atoms with Crippen LogP contribution in [0.1, 0.15) is 30.9 Å². The van der Waals surface area contributed by atoms with E-state index in [4.69, 9.17) is 0 Å². The average molecular weight is 268 g/mol. The summed E-state index contributed by atoms with van der Waals surface area (Å²) in [6.07, 6.45) is 0. The Bertz CT molecular complexity index is 588. The molecule has 0 aliphatic rings. The van der Waals surface area contributed by atoms with E-state index in [1.165, 1.54) is 22.5 Å². The first-order chi connectivity index (χ1) is 9.52. The molecule has 2 nitrogen and oxygen atoms in total. The molecule has 0 spiro atoms. The smallest absolute Gasteiger partial charge is 0.0440 e. The van der Waals surface area contributed by atoms with Gasteiger partial charge >= 0.3 is 0 Å². The van der Waals surface area contributed by atoms with Crippen LogP contribution in [0.3, 0.4) is 0 Å². The molecule has 1 N–H and O–H groups in total. The minimum atomic E-state index is 0.548. The molecule has 2 rings (SSSR count). The van der Waals surface area contributed by atoms with E-state index in [0.717, 1.165) is 5.69 Å². The lowest BCUT2D eigenvalue weighted by Gasteiger charge is -2.23. The predicted octanol–water partition coefficient (Wildman–Crippen LogP) is 4.93. The standard InChI is InChI=1S/C18H24N2/c1-13(2)15-10-9-14(3)18(11-15)20(5)17-8-6-7-16(12-17)19-4/h6-13,19H,1-5H3. The van der Waals surface area contributed by atoms with Gasteiger partial charge in [0, 0.05) is 31.2 Å². The van der Waals surface area contributed by atoms with E-state index in [1.54, 1.807) is 0 Å². The van der Waals surface area contributed by atoms with Crippen LogP contribution in [-0.2, 0) is 0 Å². The zero-order valence-corrected chi connectivity index (χ0v) is 13.1. The lowest BCUT2D eigenvalue weighted by Crippen LogP contribution is -2.11. The van der Waals surface area contributed by atoms with Gasteiger partial charge in [-0.2, -0.15) is 0 Å². The maximum atomic E-state index is 3.19. The Balaban J connectivity index is 2.41. The van der Waals surface area contributed by atoms with E-state index in [1.807, 2.05) is 7.05 Å². The fourth-order valence-corrected chi connectivity index (χ4v) is 2.36. The fourth-order valence-electron chi connectivity index (χ4n) is 2.36. The Kier molecular flexibility index (Phi) is 4.33. The van der Waals surface area contributed by atoms with Crippen LogP contribution in [0.15, 0.2) is 42.5 Å². The third kappa shape index (κ3) is 2.96. The summed E-state index contributed by atoms with van der Waals surface area (Å²) in [5.41, 5.74) is 6.27. The van der Waals surface area contributed by atoms with Crippen LogP contribution >= 0.6 is 0 Å². The van der Waals surface area contributed by atoms with Gasteiger partial charge in [0.05, 0.1) is 0 Å². The molecule has 0 saturated heterocycles. The second kappa shape index (κ2) is 6.00. The van der Waals surface area contributed by atoms with Gasteiger partial charge in [-0.05, 0) is 48.2 Å². The molecule has 2 aromatic rings. The zero-order chi connectivity index (χ0) is 14.7. The fraction of sp³-hybridized carbons (Fsp3) is 0.333. The third-order valence-electron chi connectivity index (χ3n) is 3.78. The number of hydrogen-bond donors (Lipinski definition) is 1. The molecule has 0 aliphatic carbocycles. The molecule has 2 aromatic carbocycles. The molecule has 0 radical (unpaired) electrons. The Labute approximate surface area is 122 Å². The van der Waals surface area contributed by atoms with Crippen LogP contribution < -0.4 is 10.2 Å². The Morgan fingerprint density at radius 2 is 1.80 bits per heavy atom. The number of rotatable bonds is 4. The van der Waals surface area contributed by atoms with E-state index < -0.39 is 0 Å². The Morgan fingerprint density at radius 3 is 2.45 bits per heavy atom. The van der Waals surface area contributed by atoms with Crippen molar-refractivity contribution in [3.63, 3.8) is 0 Å². The van der Waals surface area contributed by atoms with Crippen LogP contribution in [0.2, 0.25) is 0 Å². The van der Waals surface area contributed by atoms with Crippen molar-refractivity contribution in [2.24, 2.45) is 0 Å². The van der Waals surface area contributed by atoms with Crippen molar-refractivity contribution in [1.29, 1.82) is 0 Å². The highest BCUT2D eigenvalue weighted by molar-refractivity contribution is 5.69. The molecular weight excluding hydrogens is 244 g/mol. The quantitative estimate of drug-likeness (QED) is 0.846. The first-order valence-corrected chi connectivity index (χ1v) is 7.15. The predicted molar refractivity (Wildman–Crippen MR) is 89.3 cm³/mol. The molecule has 20 heavy (non-hydrogen) atoms. The highest BCUT2D eigenvalue weighted by Gasteiger charge is 2.10. The van der Waals surface area contributed by atoms with Gasteiger partial charge in [0.15, 0.2) is 0 Å². The van der Waals surface area contributed by atoms with Gasteiger partial charge < -0.3 is 10.2 Å². The molecule has 106 valence electrons. The SMILES string of the molecule is CNc1cccc(N(C)c2cc(C(C)C)ccc2C)c1. The summed E-state index contributed by atoms with van der Waals surface area (Å²) in [6.45, 7) is 6.63. The summed E-state index contributed by atoms with van der Waals surface area (Å²) >= 11 is 0. The topological polar surface area (TPSA) is 15.3 Å². The average Bonchev–Trinajstić information content (AvgIpc) is 2.46. The van der Waals surface area contributed by atoms with E-state index in [0.29, 0.717) is 5.92 Å². The van der Waals surface area contributed by atoms with Gasteiger partial charge in [-0.1, -0.05) is 32.0 Å². The van der Waals surface area contributed by atoms with Crippen molar-refractivity contribution in [3.05, 3.63) is 53.6 Å². The number of hydrogen-bond acceptors (Lipinski definition) is 2. The van der Waals surface area contributed by atoms with Gasteiger partial charge in [0.25, 0.3) is 0 Å². The molecule has 0 saturated carbocycles. The minimum Gasteiger partial charge on any atom is -0.388 e. The number of benzene rings is 2. The van der Waals surface area contributed by atoms with Crippen LogP contribution in [0.5, 0.6) is 0 Å². The molecule has 0 fully saturated rings. The van der Waals surface area contributed by atoms with Gasteiger partial charge in [0.1, 0.15) is 0 Å². The van der Waals surface area contributed by atoms with E-state index in [-0.39, 0.29) is 0 Å². The van der Waals surface area contributed by atoms with Gasteiger partial charge in [0.2, 0.25) is 0 Å². The van der Waals surface area contributed by atoms with Crippen molar-refractivity contribution >= 4 is 17.1 Å². The molecule has 0 atom stereocenters. The summed E-state index contributed by atoms with van der Waals surface area (Å²) < 4.78 is 0. The summed E-state index contributed by atoms with van der Waals surface area (Å²) in [7, 11) is 4.07. The van der Waals surface area contributed by atoms with Crippen LogP contribution in [0, 0.1) is 6.92 Å². The number of anilines is 3. The number of nitrogens with one attached hydrogen (secondary N) is 1. The summed E-state index contributed by atoms with van der Waals surface area (Å²) in [4.78, 5) is 2.25. The summed E-state index contributed by atoms with van der Waals surface area (Å²) in [5, 5.41) is 3.19. The van der Waals surface area contributed by atoms with Gasteiger partial charge in [-0.25, -0.2) is 0 Å². The Morgan fingerprint density at radius 1 is 1.05 bits per heavy atom. The zero-order valence-electron chi connectivity index (χ0n) is 13.1. The van der Waals surface area contributed by atoms with Crippen molar-refractivity contribution in [1.82, 2.24) is 0 Å². The molecule has 0 bridgehead atoms. The van der Waals surface area contributed by atoms with Crippen molar-refractivity contribution in [3.8, 4) is 0 Å². The molecular formula is C18H24N2. The molecule has 0 amide bonds. The van der Waals surface area contributed by atoms with Crippen molar-refractivity contribution in [2.75, 3.05) is 24.3 Å². The molecule has 2 heteroatoms. The monoisotopic (exact) mass is 268 g/mol. The summed E-state index contributed by atoms with van der Waals surface area (Å²) in [5.74, 6) is 0.548. The first kappa shape index (κ1) is 14.4. The Hall–Kier alpha value is -1.96. The number of aryl methyl sites for hydroxylation is 1. The molecule has 0 heterocycles. The molecule has 0 aromatic heterocycles. The van der Waals surface area contributed by atoms with Crippen LogP contribution in [0.25, 0.3) is 0 Å². The maximum Gasteiger partial charge on any atom is 0.0440 e. The second-order valence-electron chi connectivity index (χ2n) is 5.56. The summed E-state index contributed by atoms with van der Waals surface area (Å²) in [6, 6.07) is 15.2. The third-order valence-corrected chi connectivity index (χ3v) is 3.78. The lowest BCUT2D eigenvalue weighted by molar-refractivity contribution is 0.865. The number of nitrogens with zero attached hydrogens (tertiary/aromatic N) is 1. The van der Waals surface area contributed by atoms with E-state index in [2.05, 4.69) is 80.5 Å². The normalized spacial score (nSPS) is 10.7. The van der Waals surface area contributed by atoms with E-state index in [9.17, 15) is 0 Å². The molecule has 0 unspecified atom stereocenters. The highest BCUT2D eigenvalue weighted by atomic mass is 15.1. The van der Waals surface area contributed by atoms with Gasteiger partial charge in [-0.3, -0.25) is 0 Å². The minimum absolute atomic E-state index is 0.548. The maximum absolute atomic E-state index is 3.19. The van der Waals surface area contributed by atoms with Crippen LogP contribution in [-0.4, -0.2) is 14.1 Å². The van der Waals surface area contributed by atoms with E-state index >= 15 is 0 Å². The molecule has 0 aliphatic heterocycles. The first-order valence-electron chi connectivity index (χ1n) is 7.15. The second-order valence-corrected chi connectivity index (χ2v) is 5.56. The van der Waals surface area contributed by atoms with Crippen molar-refractivity contribution < 1.29 is 0 Å². The van der Waals surface area contributed by atoms with Crippen LogP contribution in [0.4, 0.5) is 17.1 Å². The lowest BCUT2D eigenvalue weighted by atomic mass is 10.00. The van der Waals surface area contributed by atoms with Gasteiger partial charge in [-0.15, -0.1) is 0 Å².